The Labute approximate surface area is 122 Å². The van der Waals surface area contributed by atoms with Gasteiger partial charge in [0.2, 0.25) is 0 Å². The fourth-order valence-electron chi connectivity index (χ4n) is 2.85. The first-order chi connectivity index (χ1) is 10.1. The number of nitrogens with zero attached hydrogens (tertiary/aromatic N) is 4. The Balaban J connectivity index is 1.79. The third kappa shape index (κ3) is 2.41. The molecule has 0 aliphatic heterocycles. The lowest BCUT2D eigenvalue weighted by Crippen LogP contribution is -2.49. The highest BCUT2D eigenvalue weighted by Gasteiger charge is 2.48. The minimum atomic E-state index is -0.925. The fraction of sp³-hybridized carbons (Fsp3) is 0.467. The van der Waals surface area contributed by atoms with Crippen molar-refractivity contribution in [1.82, 2.24) is 20.2 Å². The monoisotopic (exact) mass is 286 g/mol. The predicted octanol–water partition coefficient (Wildman–Crippen LogP) is 1.73. The molecule has 1 heterocycles. The van der Waals surface area contributed by atoms with E-state index in [1.54, 1.807) is 0 Å². The molecule has 0 amide bonds. The summed E-state index contributed by atoms with van der Waals surface area (Å²) in [5.41, 5.74) is 1.50. The smallest absolute Gasteiger partial charge is 0.331 e. The van der Waals surface area contributed by atoms with Crippen molar-refractivity contribution < 1.29 is 9.90 Å². The Morgan fingerprint density at radius 3 is 2.81 bits per heavy atom. The summed E-state index contributed by atoms with van der Waals surface area (Å²) >= 11 is 0. The molecule has 0 radical (unpaired) electrons. The highest BCUT2D eigenvalue weighted by atomic mass is 16.4. The van der Waals surface area contributed by atoms with E-state index < -0.39 is 11.5 Å². The van der Waals surface area contributed by atoms with Gasteiger partial charge in [0.05, 0.1) is 0 Å². The molecule has 6 heteroatoms. The van der Waals surface area contributed by atoms with E-state index in [9.17, 15) is 9.90 Å². The van der Waals surface area contributed by atoms with E-state index in [4.69, 9.17) is 0 Å². The summed E-state index contributed by atoms with van der Waals surface area (Å²) in [7, 11) is 0. The van der Waals surface area contributed by atoms with Gasteiger partial charge in [-0.15, -0.1) is 5.10 Å². The first-order valence-corrected chi connectivity index (χ1v) is 7.18. The van der Waals surface area contributed by atoms with Gasteiger partial charge in [0.15, 0.2) is 11.4 Å². The third-order valence-electron chi connectivity index (χ3n) is 4.24. The lowest BCUT2D eigenvalue weighted by Gasteiger charge is -2.37. The van der Waals surface area contributed by atoms with Crippen LogP contribution in [0.15, 0.2) is 24.3 Å². The number of hydrogen-bond donors (Lipinski definition) is 1. The van der Waals surface area contributed by atoms with Crippen LogP contribution in [-0.4, -0.2) is 31.3 Å². The second-order valence-electron chi connectivity index (χ2n) is 5.69. The van der Waals surface area contributed by atoms with Crippen LogP contribution >= 0.6 is 0 Å². The first-order valence-electron chi connectivity index (χ1n) is 7.18. The molecule has 1 aliphatic carbocycles. The molecule has 1 saturated carbocycles. The topological polar surface area (TPSA) is 80.9 Å². The van der Waals surface area contributed by atoms with Crippen LogP contribution in [0.25, 0.3) is 0 Å². The summed E-state index contributed by atoms with van der Waals surface area (Å²) in [6, 6.07) is 8.28. The van der Waals surface area contributed by atoms with Gasteiger partial charge in [0.1, 0.15) is 0 Å². The number of carboxylic acid groups (broad SMARTS) is 1. The third-order valence-corrected chi connectivity index (χ3v) is 4.24. The van der Waals surface area contributed by atoms with Gasteiger partial charge < -0.3 is 5.11 Å². The molecule has 0 bridgehead atoms. The number of rotatable bonds is 5. The van der Waals surface area contributed by atoms with Crippen molar-refractivity contribution in [1.29, 1.82) is 0 Å². The van der Waals surface area contributed by atoms with E-state index in [1.807, 2.05) is 6.07 Å². The maximum absolute atomic E-state index is 11.6. The van der Waals surface area contributed by atoms with E-state index >= 15 is 0 Å². The molecule has 0 unspecified atom stereocenters. The van der Waals surface area contributed by atoms with Crippen LogP contribution in [0, 0.1) is 6.92 Å². The van der Waals surface area contributed by atoms with E-state index in [0.717, 1.165) is 12.8 Å². The van der Waals surface area contributed by atoms with Crippen molar-refractivity contribution in [2.75, 3.05) is 0 Å². The zero-order valence-corrected chi connectivity index (χ0v) is 12.0. The Kier molecular flexibility index (Phi) is 3.45. The quantitative estimate of drug-likeness (QED) is 0.905. The largest absolute Gasteiger partial charge is 0.479 e. The number of aryl methyl sites for hydroxylation is 3. The van der Waals surface area contributed by atoms with Crippen LogP contribution in [0.1, 0.15) is 36.2 Å². The maximum Gasteiger partial charge on any atom is 0.331 e. The van der Waals surface area contributed by atoms with Crippen LogP contribution in [0.3, 0.4) is 0 Å². The molecule has 1 N–H and O–H groups in total. The minimum absolute atomic E-state index is 0.602. The van der Waals surface area contributed by atoms with Crippen molar-refractivity contribution in [2.24, 2.45) is 0 Å². The molecule has 6 nitrogen and oxygen atoms in total. The SMILES string of the molecule is Cc1cccc(CCc2nnnn2C2(C(=O)O)CCC2)c1. The van der Waals surface area contributed by atoms with Crippen molar-refractivity contribution in [3.8, 4) is 0 Å². The van der Waals surface area contributed by atoms with Crippen LogP contribution in [0.5, 0.6) is 0 Å². The fourth-order valence-corrected chi connectivity index (χ4v) is 2.85. The summed E-state index contributed by atoms with van der Waals surface area (Å²) in [5.74, 6) is -0.184. The van der Waals surface area contributed by atoms with Gasteiger partial charge in [-0.05, 0) is 48.6 Å². The van der Waals surface area contributed by atoms with Gasteiger partial charge in [-0.1, -0.05) is 29.8 Å². The number of carbonyl (C=O) groups is 1. The number of carboxylic acids is 1. The molecule has 2 aromatic rings. The molecule has 3 rings (SSSR count). The second-order valence-corrected chi connectivity index (χ2v) is 5.69. The molecule has 1 aromatic heterocycles. The van der Waals surface area contributed by atoms with Crippen molar-refractivity contribution in [3.63, 3.8) is 0 Å². The van der Waals surface area contributed by atoms with Crippen molar-refractivity contribution in [2.45, 2.75) is 44.6 Å². The maximum atomic E-state index is 11.6. The van der Waals surface area contributed by atoms with E-state index in [0.29, 0.717) is 25.1 Å². The summed E-state index contributed by atoms with van der Waals surface area (Å²) in [5, 5.41) is 21.1. The average Bonchev–Trinajstić information content (AvgIpc) is 2.83. The van der Waals surface area contributed by atoms with Crippen molar-refractivity contribution >= 4 is 5.97 Å². The van der Waals surface area contributed by atoms with Gasteiger partial charge in [-0.3, -0.25) is 0 Å². The molecule has 110 valence electrons. The summed E-state index contributed by atoms with van der Waals surface area (Å²) in [6.45, 7) is 2.06. The van der Waals surface area contributed by atoms with Crippen LogP contribution in [-0.2, 0) is 23.2 Å². The Hall–Kier alpha value is -2.24. The summed E-state index contributed by atoms with van der Waals surface area (Å²) in [4.78, 5) is 11.6. The standard InChI is InChI=1S/C15H18N4O2/c1-11-4-2-5-12(10-11)6-7-13-16-17-18-19(13)15(14(20)21)8-3-9-15/h2,4-5,10H,3,6-9H2,1H3,(H,20,21). The number of aliphatic carboxylic acids is 1. The Morgan fingerprint density at radius 1 is 1.38 bits per heavy atom. The molecule has 1 fully saturated rings. The van der Waals surface area contributed by atoms with Gasteiger partial charge in [0.25, 0.3) is 0 Å². The van der Waals surface area contributed by atoms with E-state index in [1.165, 1.54) is 15.8 Å². The molecular formula is C15H18N4O2. The summed E-state index contributed by atoms with van der Waals surface area (Å²) in [6.07, 6.45) is 3.56. The zero-order chi connectivity index (χ0) is 14.9. The molecule has 0 spiro atoms. The average molecular weight is 286 g/mol. The number of tetrazole rings is 1. The number of aromatic nitrogens is 4. The van der Waals surface area contributed by atoms with Gasteiger partial charge in [-0.25, -0.2) is 9.48 Å². The Morgan fingerprint density at radius 2 is 2.19 bits per heavy atom. The predicted molar refractivity (Wildman–Crippen MR) is 75.9 cm³/mol. The Bertz CT molecular complexity index is 661. The molecule has 1 aromatic carbocycles. The molecule has 0 atom stereocenters. The first kappa shape index (κ1) is 13.7. The van der Waals surface area contributed by atoms with E-state index in [2.05, 4.69) is 40.6 Å². The molecule has 0 saturated heterocycles. The highest BCUT2D eigenvalue weighted by Crippen LogP contribution is 2.39. The van der Waals surface area contributed by atoms with Gasteiger partial charge in [-0.2, -0.15) is 0 Å². The molecule has 1 aliphatic rings. The normalized spacial score (nSPS) is 16.4. The van der Waals surface area contributed by atoms with Crippen LogP contribution < -0.4 is 0 Å². The van der Waals surface area contributed by atoms with Crippen molar-refractivity contribution in [3.05, 3.63) is 41.2 Å². The van der Waals surface area contributed by atoms with E-state index in [-0.39, 0.29) is 0 Å². The summed E-state index contributed by atoms with van der Waals surface area (Å²) < 4.78 is 1.52. The second kappa shape index (κ2) is 5.27. The van der Waals surface area contributed by atoms with Gasteiger partial charge in [0, 0.05) is 6.42 Å². The zero-order valence-electron chi connectivity index (χ0n) is 12.0. The number of benzene rings is 1. The number of hydrogen-bond acceptors (Lipinski definition) is 4. The minimum Gasteiger partial charge on any atom is -0.479 e. The van der Waals surface area contributed by atoms with Crippen LogP contribution in [0.4, 0.5) is 0 Å². The molecule has 21 heavy (non-hydrogen) atoms. The van der Waals surface area contributed by atoms with Gasteiger partial charge >= 0.3 is 5.97 Å². The lowest BCUT2D eigenvalue weighted by molar-refractivity contribution is -0.153. The highest BCUT2D eigenvalue weighted by molar-refractivity contribution is 5.77. The lowest BCUT2D eigenvalue weighted by atomic mass is 9.77. The molecular weight excluding hydrogens is 268 g/mol. The van der Waals surface area contributed by atoms with Crippen LogP contribution in [0.2, 0.25) is 0 Å².